The fraction of sp³-hybridized carbons (Fsp3) is 0.850. The first-order chi connectivity index (χ1) is 13.9. The van der Waals surface area contributed by atoms with E-state index in [1.54, 1.807) is 22.1 Å². The second-order valence-electron chi connectivity index (χ2n) is 9.96. The molecule has 0 N–H and O–H groups in total. The predicted octanol–water partition coefficient (Wildman–Crippen LogP) is 0.942. The lowest BCUT2D eigenvalue weighted by molar-refractivity contribution is -0.197. The summed E-state index contributed by atoms with van der Waals surface area (Å²) in [4.78, 5) is 2.54. The van der Waals surface area contributed by atoms with Crippen LogP contribution >= 0.6 is 0 Å². The number of hydrogen-bond donors (Lipinski definition) is 0. The van der Waals surface area contributed by atoms with Crippen LogP contribution in [0.4, 0.5) is 0 Å². The zero-order chi connectivity index (χ0) is 19.9. The molecule has 1 aliphatic carbocycles. The largest absolute Gasteiger partial charge is 0.380 e. The molecule has 0 aromatic carbocycles. The molecule has 160 valence electrons. The van der Waals surface area contributed by atoms with Crippen LogP contribution < -0.4 is 0 Å². The number of aromatic nitrogens is 2. The maximum absolute atomic E-state index is 13.2. The normalized spacial score (nSPS) is 31.8. The molecule has 5 fully saturated rings. The third kappa shape index (κ3) is 3.00. The highest BCUT2D eigenvalue weighted by Crippen LogP contribution is 2.45. The van der Waals surface area contributed by atoms with Crippen molar-refractivity contribution < 1.29 is 17.9 Å². The summed E-state index contributed by atoms with van der Waals surface area (Å²) in [6, 6.07) is 2.26. The summed E-state index contributed by atoms with van der Waals surface area (Å²) in [6.07, 6.45) is 4.81. The summed E-state index contributed by atoms with van der Waals surface area (Å²) >= 11 is 0. The highest BCUT2D eigenvalue weighted by molar-refractivity contribution is 7.89. The van der Waals surface area contributed by atoms with E-state index in [1.165, 1.54) is 0 Å². The van der Waals surface area contributed by atoms with Gasteiger partial charge in [-0.25, -0.2) is 8.42 Å². The second kappa shape index (κ2) is 6.26. The van der Waals surface area contributed by atoms with Crippen LogP contribution in [0.2, 0.25) is 0 Å². The number of likely N-dealkylation sites (tertiary alicyclic amines) is 1. The Kier molecular flexibility index (Phi) is 4.05. The van der Waals surface area contributed by atoms with E-state index in [0.29, 0.717) is 35.5 Å². The first kappa shape index (κ1) is 18.7. The summed E-state index contributed by atoms with van der Waals surface area (Å²) in [6.45, 7) is 5.89. The molecular formula is C20H30N4O4S. The molecule has 1 aromatic heterocycles. The molecule has 5 aliphatic rings. The van der Waals surface area contributed by atoms with Crippen LogP contribution in [-0.2, 0) is 26.5 Å². The van der Waals surface area contributed by atoms with Crippen LogP contribution in [0.15, 0.2) is 11.1 Å². The molecule has 4 saturated heterocycles. The number of aryl methyl sites for hydroxylation is 1. The highest BCUT2D eigenvalue weighted by atomic mass is 32.2. The Morgan fingerprint density at radius 3 is 2.52 bits per heavy atom. The van der Waals surface area contributed by atoms with Gasteiger partial charge in [0.15, 0.2) is 5.03 Å². The van der Waals surface area contributed by atoms with Gasteiger partial charge in [-0.1, -0.05) is 0 Å². The SMILES string of the molecule is Cn1nc(C2CC2)cc1S(=O)(=O)N1CCC2(CC1)CC(N1CC3(COC3)C1)CO2. The standard InChI is InChI=1S/C20H30N4O4S/c1-22-18(8-17(21-22)15-2-3-15)29(25,26)24-6-4-20(5-7-24)9-16(10-28-20)23-11-19(12-23)13-27-14-19/h8,15-16H,2-7,9-14H2,1H3. The average Bonchev–Trinajstić information content (AvgIpc) is 3.29. The van der Waals surface area contributed by atoms with Gasteiger partial charge in [-0.15, -0.1) is 0 Å². The van der Waals surface area contributed by atoms with Gasteiger partial charge in [0.25, 0.3) is 10.0 Å². The van der Waals surface area contributed by atoms with Crippen molar-refractivity contribution >= 4 is 10.0 Å². The summed E-state index contributed by atoms with van der Waals surface area (Å²) < 4.78 is 41.3. The molecule has 1 atom stereocenters. The number of piperidine rings is 1. The highest BCUT2D eigenvalue weighted by Gasteiger charge is 2.54. The topological polar surface area (TPSA) is 76.9 Å². The van der Waals surface area contributed by atoms with Crippen molar-refractivity contribution in [1.29, 1.82) is 0 Å². The molecule has 29 heavy (non-hydrogen) atoms. The molecule has 0 amide bonds. The van der Waals surface area contributed by atoms with Crippen molar-refractivity contribution in [3.05, 3.63) is 11.8 Å². The number of ether oxygens (including phenoxy) is 2. The third-order valence-electron chi connectivity index (χ3n) is 7.69. The van der Waals surface area contributed by atoms with E-state index in [9.17, 15) is 8.42 Å². The van der Waals surface area contributed by atoms with Gasteiger partial charge in [-0.3, -0.25) is 9.58 Å². The van der Waals surface area contributed by atoms with Crippen molar-refractivity contribution in [3.63, 3.8) is 0 Å². The predicted molar refractivity (Wildman–Crippen MR) is 105 cm³/mol. The van der Waals surface area contributed by atoms with Crippen molar-refractivity contribution in [2.24, 2.45) is 12.5 Å². The minimum absolute atomic E-state index is 0.152. The first-order valence-corrected chi connectivity index (χ1v) is 12.3. The molecule has 0 radical (unpaired) electrons. The molecule has 1 unspecified atom stereocenters. The summed E-state index contributed by atoms with van der Waals surface area (Å²) in [5, 5.41) is 4.77. The molecule has 5 heterocycles. The van der Waals surface area contributed by atoms with Crippen LogP contribution in [0.5, 0.6) is 0 Å². The van der Waals surface area contributed by atoms with Crippen LogP contribution in [0.25, 0.3) is 0 Å². The minimum Gasteiger partial charge on any atom is -0.380 e. The Bertz CT molecular complexity index is 905. The van der Waals surface area contributed by atoms with Crippen LogP contribution in [0.1, 0.15) is 43.7 Å². The number of hydrogen-bond acceptors (Lipinski definition) is 6. The Balaban J connectivity index is 1.09. The Labute approximate surface area is 172 Å². The van der Waals surface area contributed by atoms with E-state index >= 15 is 0 Å². The second-order valence-corrected chi connectivity index (χ2v) is 11.8. The fourth-order valence-corrected chi connectivity index (χ4v) is 7.18. The molecule has 8 nitrogen and oxygen atoms in total. The first-order valence-electron chi connectivity index (χ1n) is 10.9. The van der Waals surface area contributed by atoms with E-state index in [0.717, 1.165) is 70.7 Å². The zero-order valence-corrected chi connectivity index (χ0v) is 17.9. The van der Waals surface area contributed by atoms with E-state index in [-0.39, 0.29) is 5.60 Å². The maximum Gasteiger partial charge on any atom is 0.260 e. The number of rotatable bonds is 4. The third-order valence-corrected chi connectivity index (χ3v) is 9.64. The van der Waals surface area contributed by atoms with Gasteiger partial charge in [0.05, 0.1) is 31.1 Å². The fourth-order valence-electron chi connectivity index (χ4n) is 5.61. The summed E-state index contributed by atoms with van der Waals surface area (Å²) in [5.74, 6) is 0.450. The number of nitrogens with zero attached hydrogens (tertiary/aromatic N) is 4. The van der Waals surface area contributed by atoms with Gasteiger partial charge in [0.2, 0.25) is 0 Å². The molecular weight excluding hydrogens is 392 g/mol. The van der Waals surface area contributed by atoms with E-state index in [4.69, 9.17) is 9.47 Å². The smallest absolute Gasteiger partial charge is 0.260 e. The quantitative estimate of drug-likeness (QED) is 0.719. The Morgan fingerprint density at radius 2 is 1.90 bits per heavy atom. The van der Waals surface area contributed by atoms with Gasteiger partial charge in [-0.2, -0.15) is 9.40 Å². The molecule has 1 saturated carbocycles. The monoisotopic (exact) mass is 422 g/mol. The Morgan fingerprint density at radius 1 is 1.17 bits per heavy atom. The Hall–Kier alpha value is -1.00. The minimum atomic E-state index is -3.50. The molecule has 2 spiro atoms. The van der Waals surface area contributed by atoms with Crippen molar-refractivity contribution in [1.82, 2.24) is 19.0 Å². The molecule has 9 heteroatoms. The summed E-state index contributed by atoms with van der Waals surface area (Å²) in [5.41, 5.74) is 1.20. The van der Waals surface area contributed by atoms with Gasteiger partial charge < -0.3 is 9.47 Å². The van der Waals surface area contributed by atoms with Gasteiger partial charge >= 0.3 is 0 Å². The molecule has 0 bridgehead atoms. The zero-order valence-electron chi connectivity index (χ0n) is 17.0. The van der Waals surface area contributed by atoms with Crippen LogP contribution in [0, 0.1) is 5.41 Å². The molecule has 1 aromatic rings. The van der Waals surface area contributed by atoms with Crippen LogP contribution in [0.3, 0.4) is 0 Å². The van der Waals surface area contributed by atoms with Gasteiger partial charge in [-0.05, 0) is 32.1 Å². The average molecular weight is 423 g/mol. The lowest BCUT2D eigenvalue weighted by atomic mass is 9.76. The van der Waals surface area contributed by atoms with E-state index in [2.05, 4.69) is 10.00 Å². The summed E-state index contributed by atoms with van der Waals surface area (Å²) in [7, 11) is -1.77. The van der Waals surface area contributed by atoms with Crippen LogP contribution in [-0.4, -0.2) is 85.0 Å². The van der Waals surface area contributed by atoms with Crippen molar-refractivity contribution in [2.75, 3.05) is 46.0 Å². The lowest BCUT2D eigenvalue weighted by Crippen LogP contribution is -2.68. The van der Waals surface area contributed by atoms with Crippen molar-refractivity contribution in [2.45, 2.75) is 54.7 Å². The molecule has 6 rings (SSSR count). The van der Waals surface area contributed by atoms with Crippen molar-refractivity contribution in [3.8, 4) is 0 Å². The maximum atomic E-state index is 13.2. The molecule has 4 aliphatic heterocycles. The van der Waals surface area contributed by atoms with E-state index < -0.39 is 10.0 Å². The van der Waals surface area contributed by atoms with E-state index in [1.807, 2.05) is 0 Å². The number of sulfonamides is 1. The van der Waals surface area contributed by atoms with Gasteiger partial charge in [0.1, 0.15) is 0 Å². The lowest BCUT2D eigenvalue weighted by Gasteiger charge is -2.57. The van der Waals surface area contributed by atoms with Gasteiger partial charge in [0, 0.05) is 56.7 Å².